The third-order valence-electron chi connectivity index (χ3n) is 3.36. The largest absolute Gasteiger partial charge is 0.482 e. The molecule has 3 N–H and O–H groups in total. The minimum atomic E-state index is -4.54. The minimum Gasteiger partial charge on any atom is -0.482 e. The lowest BCUT2D eigenvalue weighted by Crippen LogP contribution is -2.32. The van der Waals surface area contributed by atoms with Crippen LogP contribution in [0.1, 0.15) is 22.8 Å². The Hall–Kier alpha value is -3.08. The van der Waals surface area contributed by atoms with Gasteiger partial charge in [-0.15, -0.1) is 11.3 Å². The lowest BCUT2D eigenvalue weighted by atomic mass is 10.2. The number of benzene rings is 1. The number of nitrogens with one attached hydrogen (secondary N) is 1. The number of rotatable bonds is 7. The van der Waals surface area contributed by atoms with Crippen molar-refractivity contribution in [3.8, 4) is 5.75 Å². The summed E-state index contributed by atoms with van der Waals surface area (Å²) < 4.78 is 47.8. The maximum Gasteiger partial charge on any atom is 0.416 e. The van der Waals surface area contributed by atoms with E-state index in [4.69, 9.17) is 15.2 Å². The zero-order valence-electron chi connectivity index (χ0n) is 14.4. The van der Waals surface area contributed by atoms with E-state index in [-0.39, 0.29) is 16.3 Å². The van der Waals surface area contributed by atoms with Crippen LogP contribution in [0.15, 0.2) is 35.7 Å². The van der Waals surface area contributed by atoms with Gasteiger partial charge in [-0.3, -0.25) is 9.59 Å². The van der Waals surface area contributed by atoms with Crippen LogP contribution < -0.4 is 15.8 Å². The maximum absolute atomic E-state index is 12.6. The molecule has 0 spiro atoms. The Morgan fingerprint density at radius 2 is 1.96 bits per heavy atom. The highest BCUT2D eigenvalue weighted by Crippen LogP contribution is 2.31. The molecule has 0 aliphatic heterocycles. The van der Waals surface area contributed by atoms with Crippen molar-refractivity contribution in [2.75, 3.05) is 11.9 Å². The number of nitrogens with two attached hydrogens (primary N) is 1. The van der Waals surface area contributed by atoms with Gasteiger partial charge in [0.2, 0.25) is 0 Å². The van der Waals surface area contributed by atoms with Crippen molar-refractivity contribution in [2.45, 2.75) is 19.2 Å². The Morgan fingerprint density at radius 3 is 2.61 bits per heavy atom. The molecule has 0 saturated carbocycles. The highest BCUT2D eigenvalue weighted by molar-refractivity contribution is 7.14. The second-order valence-corrected chi connectivity index (χ2v) is 6.38. The number of amides is 2. The van der Waals surface area contributed by atoms with E-state index in [9.17, 15) is 27.6 Å². The van der Waals surface area contributed by atoms with Crippen LogP contribution in [-0.2, 0) is 20.5 Å². The Balaban J connectivity index is 1.88. The van der Waals surface area contributed by atoms with Gasteiger partial charge in [-0.05, 0) is 36.6 Å². The van der Waals surface area contributed by atoms with Crippen LogP contribution in [0.25, 0.3) is 0 Å². The second-order valence-electron chi connectivity index (χ2n) is 5.46. The molecular weight excluding hydrogens is 401 g/mol. The maximum atomic E-state index is 12.6. The predicted octanol–water partition coefficient (Wildman–Crippen LogP) is 2.82. The molecule has 0 saturated heterocycles. The van der Waals surface area contributed by atoms with Gasteiger partial charge in [-0.25, -0.2) is 4.79 Å². The Kier molecular flexibility index (Phi) is 6.62. The van der Waals surface area contributed by atoms with Crippen LogP contribution in [0.4, 0.5) is 18.2 Å². The topological polar surface area (TPSA) is 108 Å². The monoisotopic (exact) mass is 416 g/mol. The predicted molar refractivity (Wildman–Crippen MR) is 94.0 cm³/mol. The van der Waals surface area contributed by atoms with Crippen molar-refractivity contribution >= 4 is 34.1 Å². The van der Waals surface area contributed by atoms with Crippen LogP contribution in [0.5, 0.6) is 5.75 Å². The van der Waals surface area contributed by atoms with Gasteiger partial charge >= 0.3 is 12.1 Å². The summed E-state index contributed by atoms with van der Waals surface area (Å²) in [7, 11) is 0. The first-order valence-corrected chi connectivity index (χ1v) is 8.63. The molecule has 0 aliphatic rings. The van der Waals surface area contributed by atoms with Crippen molar-refractivity contribution in [1.29, 1.82) is 0 Å². The van der Waals surface area contributed by atoms with E-state index in [0.717, 1.165) is 29.5 Å². The number of halogens is 3. The second kappa shape index (κ2) is 8.74. The Labute approximate surface area is 161 Å². The first kappa shape index (κ1) is 21.2. The van der Waals surface area contributed by atoms with Crippen LogP contribution in [0.3, 0.4) is 0 Å². The van der Waals surface area contributed by atoms with Gasteiger partial charge in [0.25, 0.3) is 11.8 Å². The number of ether oxygens (including phenoxy) is 2. The van der Waals surface area contributed by atoms with Crippen molar-refractivity contribution in [1.82, 2.24) is 0 Å². The fraction of sp³-hybridized carbons (Fsp3) is 0.235. The molecule has 2 rings (SSSR count). The Bertz CT molecular complexity index is 882. The van der Waals surface area contributed by atoms with Crippen molar-refractivity contribution in [3.05, 3.63) is 46.8 Å². The third kappa shape index (κ3) is 5.71. The average Bonchev–Trinajstić information content (AvgIpc) is 3.08. The van der Waals surface area contributed by atoms with Crippen molar-refractivity contribution in [3.63, 3.8) is 0 Å². The van der Waals surface area contributed by atoms with E-state index >= 15 is 0 Å². The number of alkyl halides is 3. The first-order chi connectivity index (χ1) is 13.1. The third-order valence-corrected chi connectivity index (χ3v) is 4.19. The molecule has 0 bridgehead atoms. The number of thiophene rings is 1. The first-order valence-electron chi connectivity index (χ1n) is 7.75. The van der Waals surface area contributed by atoms with Crippen LogP contribution in [-0.4, -0.2) is 30.5 Å². The van der Waals surface area contributed by atoms with Crippen LogP contribution in [0.2, 0.25) is 0 Å². The molecule has 1 unspecified atom stereocenters. The van der Waals surface area contributed by atoms with Crippen molar-refractivity contribution < 1.29 is 37.0 Å². The quantitative estimate of drug-likeness (QED) is 0.675. The summed E-state index contributed by atoms with van der Waals surface area (Å²) in [4.78, 5) is 35.0. The van der Waals surface area contributed by atoms with E-state index < -0.39 is 42.2 Å². The highest BCUT2D eigenvalue weighted by Gasteiger charge is 2.30. The molecule has 150 valence electrons. The lowest BCUT2D eigenvalue weighted by molar-refractivity contribution is -0.155. The number of esters is 1. The number of carbonyl (C=O) groups is 3. The SMILES string of the molecule is CC(OC(=O)COc1cccc(C(F)(F)F)c1)C(=O)Nc1sccc1C(N)=O. The molecule has 2 aromatic rings. The number of hydrogen-bond acceptors (Lipinski definition) is 6. The molecular formula is C17H15F3N2O5S. The average molecular weight is 416 g/mol. The van der Waals surface area contributed by atoms with Gasteiger partial charge < -0.3 is 20.5 Å². The lowest BCUT2D eigenvalue weighted by Gasteiger charge is -2.14. The molecule has 0 aliphatic carbocycles. The van der Waals surface area contributed by atoms with Gasteiger partial charge in [0, 0.05) is 0 Å². The summed E-state index contributed by atoms with van der Waals surface area (Å²) in [6.45, 7) is 0.597. The summed E-state index contributed by atoms with van der Waals surface area (Å²) in [6, 6.07) is 5.42. The van der Waals surface area contributed by atoms with Gasteiger partial charge in [-0.1, -0.05) is 6.07 Å². The van der Waals surface area contributed by atoms with E-state index in [2.05, 4.69) is 5.32 Å². The van der Waals surface area contributed by atoms with Crippen LogP contribution >= 0.6 is 11.3 Å². The molecule has 1 aromatic heterocycles. The molecule has 1 aromatic carbocycles. The molecule has 28 heavy (non-hydrogen) atoms. The fourth-order valence-corrected chi connectivity index (χ4v) is 2.80. The molecule has 1 heterocycles. The summed E-state index contributed by atoms with van der Waals surface area (Å²) in [5.74, 6) is -2.57. The van der Waals surface area contributed by atoms with Gasteiger partial charge in [-0.2, -0.15) is 13.2 Å². The summed E-state index contributed by atoms with van der Waals surface area (Å²) in [6.07, 6.45) is -5.78. The van der Waals surface area contributed by atoms with E-state index in [1.807, 2.05) is 0 Å². The zero-order chi connectivity index (χ0) is 20.9. The zero-order valence-corrected chi connectivity index (χ0v) is 15.2. The molecule has 7 nitrogen and oxygen atoms in total. The molecule has 1 atom stereocenters. The van der Waals surface area contributed by atoms with Crippen molar-refractivity contribution in [2.24, 2.45) is 5.73 Å². The number of hydrogen-bond donors (Lipinski definition) is 2. The van der Waals surface area contributed by atoms with E-state index in [0.29, 0.717) is 0 Å². The fourth-order valence-electron chi connectivity index (χ4n) is 2.00. The molecule has 0 radical (unpaired) electrons. The highest BCUT2D eigenvalue weighted by atomic mass is 32.1. The number of primary amides is 1. The van der Waals surface area contributed by atoms with Gasteiger partial charge in [0.15, 0.2) is 12.7 Å². The smallest absolute Gasteiger partial charge is 0.416 e. The summed E-state index contributed by atoms with van der Waals surface area (Å²) in [5.41, 5.74) is 4.36. The standard InChI is InChI=1S/C17H15F3N2O5S/c1-9(15(25)22-16-12(14(21)24)5-6-28-16)27-13(23)8-26-11-4-2-3-10(7-11)17(18,19)20/h2-7,9H,8H2,1H3,(H2,21,24)(H,22,25). The van der Waals surface area contributed by atoms with E-state index in [1.54, 1.807) is 5.38 Å². The summed E-state index contributed by atoms with van der Waals surface area (Å²) in [5, 5.41) is 4.17. The van der Waals surface area contributed by atoms with Gasteiger partial charge in [0.05, 0.1) is 11.1 Å². The number of anilines is 1. The van der Waals surface area contributed by atoms with E-state index in [1.165, 1.54) is 19.1 Å². The van der Waals surface area contributed by atoms with Crippen LogP contribution in [0, 0.1) is 0 Å². The Morgan fingerprint density at radius 1 is 1.25 bits per heavy atom. The molecule has 2 amide bonds. The molecule has 11 heteroatoms. The molecule has 0 fully saturated rings. The normalized spacial score (nSPS) is 12.1. The number of carbonyl (C=O) groups excluding carboxylic acids is 3. The van der Waals surface area contributed by atoms with Gasteiger partial charge in [0.1, 0.15) is 10.8 Å². The minimum absolute atomic E-state index is 0.116. The summed E-state index contributed by atoms with van der Waals surface area (Å²) >= 11 is 1.06.